The maximum absolute atomic E-state index is 11.4. The van der Waals surface area contributed by atoms with Crippen molar-refractivity contribution in [3.05, 3.63) is 193 Å². The van der Waals surface area contributed by atoms with Crippen molar-refractivity contribution in [3.63, 3.8) is 0 Å². The van der Waals surface area contributed by atoms with E-state index in [2.05, 4.69) is 206 Å². The number of hydrogen-bond acceptors (Lipinski definition) is 3. The largest absolute Gasteiger partial charge is 0.507 e. The molecule has 0 unspecified atom stereocenters. The monoisotopic (exact) mass is 1020 g/mol. The second-order valence-electron chi connectivity index (χ2n) is 19.3. The zero-order chi connectivity index (χ0) is 44.1. The fourth-order valence-corrected chi connectivity index (χ4v) is 8.37. The first-order chi connectivity index (χ1) is 30.2. The number of fused-ring (bicyclic) bond motifs is 1. The number of hydrogen-bond donors (Lipinski definition) is 1. The van der Waals surface area contributed by atoms with E-state index in [4.69, 9.17) is 9.97 Å². The van der Waals surface area contributed by atoms with Crippen molar-refractivity contribution in [2.24, 2.45) is 5.41 Å². The molecule has 0 aliphatic carbocycles. The molecule has 5 heteroatoms. The maximum atomic E-state index is 11.4. The average Bonchev–Trinajstić information content (AvgIpc) is 3.68. The molecule has 0 aliphatic heterocycles. The van der Waals surface area contributed by atoms with Gasteiger partial charge in [0.2, 0.25) is 0 Å². The molecule has 2 heterocycles. The summed E-state index contributed by atoms with van der Waals surface area (Å²) in [6.45, 7) is 18.3. The zero-order valence-electron chi connectivity index (χ0n) is 37.8. The Kier molecular flexibility index (Phi) is 12.0. The topological polar surface area (TPSA) is 50.9 Å². The number of phenols is 1. The van der Waals surface area contributed by atoms with Gasteiger partial charge in [0.05, 0.1) is 22.3 Å². The van der Waals surface area contributed by atoms with Crippen molar-refractivity contribution in [2.45, 2.75) is 66.2 Å². The van der Waals surface area contributed by atoms with Crippen LogP contribution in [0.1, 0.15) is 66.5 Å². The van der Waals surface area contributed by atoms with E-state index < -0.39 is 0 Å². The van der Waals surface area contributed by atoms with E-state index in [0.29, 0.717) is 11.4 Å². The number of phenolic OH excluding ortho intramolecular Hbond substituents is 1. The van der Waals surface area contributed by atoms with Gasteiger partial charge < -0.3 is 5.11 Å². The molecule has 2 aromatic heterocycles. The Morgan fingerprint density at radius 2 is 1.11 bits per heavy atom. The van der Waals surface area contributed by atoms with Crippen LogP contribution in [0.15, 0.2) is 176 Å². The minimum Gasteiger partial charge on any atom is -0.507 e. The van der Waals surface area contributed by atoms with Gasteiger partial charge in [0, 0.05) is 38.5 Å². The number of nitrogens with zero attached hydrogens (tertiary/aromatic N) is 3. The molecule has 0 spiro atoms. The Hall–Kier alpha value is -6.35. The molecule has 0 saturated heterocycles. The number of aromatic nitrogens is 3. The van der Waals surface area contributed by atoms with Crippen LogP contribution in [0, 0.1) is 11.5 Å². The normalized spacial score (nSPS) is 12.0. The van der Waals surface area contributed by atoms with E-state index in [1.807, 2.05) is 30.5 Å². The third kappa shape index (κ3) is 8.40. The van der Waals surface area contributed by atoms with Crippen LogP contribution in [-0.4, -0.2) is 19.6 Å². The Labute approximate surface area is 393 Å². The molecule has 322 valence electrons. The van der Waals surface area contributed by atoms with Crippen molar-refractivity contribution < 1.29 is 26.2 Å². The van der Waals surface area contributed by atoms with Gasteiger partial charge >= 0.3 is 0 Å². The Morgan fingerprint density at radius 1 is 0.500 bits per heavy atom. The zero-order valence-corrected chi connectivity index (χ0v) is 40.1. The molecule has 0 radical (unpaired) electrons. The first-order valence-corrected chi connectivity index (χ1v) is 21.9. The molecule has 1 N–H and O–H groups in total. The first-order valence-electron chi connectivity index (χ1n) is 21.9. The van der Waals surface area contributed by atoms with Gasteiger partial charge in [0.1, 0.15) is 11.6 Å². The smallest absolute Gasteiger partial charge is 0.148 e. The summed E-state index contributed by atoms with van der Waals surface area (Å²) in [5, 5.41) is 11.4. The van der Waals surface area contributed by atoms with E-state index in [-0.39, 0.29) is 43.1 Å². The Balaban J connectivity index is 0.00000560. The molecular weight excluding hydrogens is 962 g/mol. The van der Waals surface area contributed by atoms with Crippen molar-refractivity contribution in [2.75, 3.05) is 0 Å². The molecular formula is C59H54N3OPt-. The van der Waals surface area contributed by atoms with Gasteiger partial charge in [-0.05, 0) is 86.0 Å². The van der Waals surface area contributed by atoms with Crippen LogP contribution in [0.4, 0.5) is 0 Å². The van der Waals surface area contributed by atoms with E-state index in [1.54, 1.807) is 6.07 Å². The summed E-state index contributed by atoms with van der Waals surface area (Å²) in [4.78, 5) is 10.4. The van der Waals surface area contributed by atoms with Crippen molar-refractivity contribution >= 4 is 11.0 Å². The minimum absolute atomic E-state index is 0. The summed E-state index contributed by atoms with van der Waals surface area (Å²) in [6, 6.07) is 63.1. The SMILES string of the molecule is CC(C)(C)c1ccc(-n2c(-c3ccccc3O)nc3c(-c4[c-]c(-c5cc(-c6ccc(C(C)(C)C(C)(C)C)cc6)ccn5)cc(-c5ccccc5)c4)cccc32)c(-c2ccccc2)c1.[Pt]. The van der Waals surface area contributed by atoms with Crippen molar-refractivity contribution in [3.8, 4) is 78.6 Å². The van der Waals surface area contributed by atoms with Crippen molar-refractivity contribution in [1.29, 1.82) is 0 Å². The van der Waals surface area contributed by atoms with Crippen LogP contribution in [-0.2, 0) is 31.9 Å². The number of pyridine rings is 1. The number of rotatable bonds is 8. The third-order valence-corrected chi connectivity index (χ3v) is 13.1. The van der Waals surface area contributed by atoms with Gasteiger partial charge in [-0.3, -0.25) is 9.55 Å². The maximum Gasteiger partial charge on any atom is 0.148 e. The second-order valence-corrected chi connectivity index (χ2v) is 19.3. The summed E-state index contributed by atoms with van der Waals surface area (Å²) in [5.41, 5.74) is 16.1. The molecule has 9 aromatic rings. The average molecular weight is 1020 g/mol. The van der Waals surface area contributed by atoms with Crippen LogP contribution in [0.2, 0.25) is 0 Å². The fourth-order valence-electron chi connectivity index (χ4n) is 8.37. The molecule has 0 aliphatic rings. The summed E-state index contributed by atoms with van der Waals surface area (Å²) in [6.07, 6.45) is 1.90. The molecule has 0 saturated carbocycles. The minimum atomic E-state index is -0.0631. The summed E-state index contributed by atoms with van der Waals surface area (Å²) in [5.74, 6) is 0.823. The summed E-state index contributed by atoms with van der Waals surface area (Å²) < 4.78 is 2.21. The molecule has 4 nitrogen and oxygen atoms in total. The number of aromatic hydroxyl groups is 1. The summed E-state index contributed by atoms with van der Waals surface area (Å²) >= 11 is 0. The quantitative estimate of drug-likeness (QED) is 0.154. The van der Waals surface area contributed by atoms with Crippen LogP contribution < -0.4 is 0 Å². The molecule has 0 bridgehead atoms. The number of para-hydroxylation sites is 2. The van der Waals surface area contributed by atoms with E-state index in [0.717, 1.165) is 72.5 Å². The number of benzene rings is 7. The van der Waals surface area contributed by atoms with Gasteiger partial charge in [-0.15, -0.1) is 23.8 Å². The van der Waals surface area contributed by atoms with E-state index in [1.165, 1.54) is 11.1 Å². The van der Waals surface area contributed by atoms with Gasteiger partial charge in [0.25, 0.3) is 0 Å². The first kappa shape index (κ1) is 44.3. The predicted molar refractivity (Wildman–Crippen MR) is 263 cm³/mol. The van der Waals surface area contributed by atoms with Crippen molar-refractivity contribution in [1.82, 2.24) is 14.5 Å². The van der Waals surface area contributed by atoms with Gasteiger partial charge in [0.15, 0.2) is 0 Å². The fraction of sp³-hybridized carbons (Fsp3) is 0.186. The van der Waals surface area contributed by atoms with Gasteiger partial charge in [-0.2, -0.15) is 0 Å². The molecule has 64 heavy (non-hydrogen) atoms. The molecule has 0 atom stereocenters. The van der Waals surface area contributed by atoms with Crippen LogP contribution in [0.5, 0.6) is 5.75 Å². The number of imidazole rings is 1. The standard InChI is InChI=1S/C59H54N3O.Pt/c1-57(2,3)47-30-31-52(50(38-47)41-20-13-10-14-21-41)62-53-24-17-23-48(55(53)61-56(62)49-22-15-16-25-54(49)63)44-34-43(39-18-11-9-12-19-39)35-45(36-44)51-37-42(32-33-60-51)40-26-28-46(29-27-40)59(7,8)58(4,5)6;/h9-35,37-38,63H,1-8H3;/q-1;. The van der Waals surface area contributed by atoms with E-state index >= 15 is 0 Å². The van der Waals surface area contributed by atoms with Crippen LogP contribution >= 0.6 is 0 Å². The molecule has 0 amide bonds. The van der Waals surface area contributed by atoms with Crippen LogP contribution in [0.3, 0.4) is 0 Å². The van der Waals surface area contributed by atoms with Crippen LogP contribution in [0.25, 0.3) is 83.9 Å². The predicted octanol–water partition coefficient (Wildman–Crippen LogP) is 15.5. The Bertz CT molecular complexity index is 3100. The Morgan fingerprint density at radius 3 is 1.78 bits per heavy atom. The molecule has 7 aromatic carbocycles. The molecule has 0 fully saturated rings. The van der Waals surface area contributed by atoms with Gasteiger partial charge in [-0.1, -0.05) is 193 Å². The van der Waals surface area contributed by atoms with Gasteiger partial charge in [-0.25, -0.2) is 4.98 Å². The second kappa shape index (κ2) is 17.3. The third-order valence-electron chi connectivity index (χ3n) is 13.1. The summed E-state index contributed by atoms with van der Waals surface area (Å²) in [7, 11) is 0. The van der Waals surface area contributed by atoms with E-state index in [9.17, 15) is 5.11 Å². The molecule has 9 rings (SSSR count).